The van der Waals surface area contributed by atoms with Crippen molar-refractivity contribution in [3.63, 3.8) is 0 Å². The molecule has 2 unspecified atom stereocenters. The first-order chi connectivity index (χ1) is 7.15. The summed E-state index contributed by atoms with van der Waals surface area (Å²) in [5.41, 5.74) is 1.83. The highest BCUT2D eigenvalue weighted by molar-refractivity contribution is 5.30. The molecule has 1 aliphatic rings. The third kappa shape index (κ3) is 2.43. The van der Waals surface area contributed by atoms with Crippen LogP contribution in [0.1, 0.15) is 30.7 Å². The van der Waals surface area contributed by atoms with E-state index >= 15 is 0 Å². The molecule has 1 aliphatic carbocycles. The lowest BCUT2D eigenvalue weighted by atomic mass is 10.2. The van der Waals surface area contributed by atoms with Gasteiger partial charge in [0, 0.05) is 11.4 Å². The highest BCUT2D eigenvalue weighted by Crippen LogP contribution is 2.24. The Bertz CT molecular complexity index is 333. The van der Waals surface area contributed by atoms with Crippen molar-refractivity contribution in [2.75, 3.05) is 5.32 Å². The van der Waals surface area contributed by atoms with Crippen LogP contribution >= 0.6 is 0 Å². The molecule has 0 amide bonds. The quantitative estimate of drug-likeness (QED) is 0.812. The molecule has 15 heavy (non-hydrogen) atoms. The molecule has 1 N–H and O–H groups in total. The van der Waals surface area contributed by atoms with Crippen LogP contribution in [-0.4, -0.2) is 22.2 Å². The monoisotopic (exact) mass is 209 g/mol. The van der Waals surface area contributed by atoms with E-state index in [0.717, 1.165) is 24.2 Å². The number of rotatable bonds is 2. The van der Waals surface area contributed by atoms with Gasteiger partial charge in [0.2, 0.25) is 5.95 Å². The maximum absolute atomic E-state index is 13.4. The van der Waals surface area contributed by atoms with E-state index in [1.807, 2.05) is 19.9 Å². The molecule has 2 rings (SSSR count). The van der Waals surface area contributed by atoms with E-state index in [2.05, 4.69) is 15.3 Å². The summed E-state index contributed by atoms with van der Waals surface area (Å²) in [6.45, 7) is 3.84. The van der Waals surface area contributed by atoms with Crippen molar-refractivity contribution in [1.29, 1.82) is 0 Å². The molecule has 0 bridgehead atoms. The molecule has 0 spiro atoms. The molecule has 3 nitrogen and oxygen atoms in total. The Labute approximate surface area is 89.1 Å². The minimum atomic E-state index is -0.755. The lowest BCUT2D eigenvalue weighted by Crippen LogP contribution is -2.26. The molecular formula is C11H16FN3. The predicted molar refractivity (Wildman–Crippen MR) is 57.7 cm³/mol. The number of alkyl halides is 1. The average Bonchev–Trinajstić information content (AvgIpc) is 2.50. The van der Waals surface area contributed by atoms with Gasteiger partial charge in [0.25, 0.3) is 0 Å². The Hall–Kier alpha value is -1.19. The fourth-order valence-electron chi connectivity index (χ4n) is 2.03. The fraction of sp³-hybridized carbons (Fsp3) is 0.636. The van der Waals surface area contributed by atoms with Crippen LogP contribution in [0.15, 0.2) is 6.07 Å². The first-order valence-electron chi connectivity index (χ1n) is 5.38. The molecule has 0 saturated heterocycles. The van der Waals surface area contributed by atoms with Gasteiger partial charge in [-0.15, -0.1) is 0 Å². The highest BCUT2D eigenvalue weighted by atomic mass is 19.1. The van der Waals surface area contributed by atoms with Crippen molar-refractivity contribution >= 4 is 5.95 Å². The number of aryl methyl sites for hydroxylation is 2. The number of hydrogen-bond acceptors (Lipinski definition) is 3. The molecule has 1 aromatic rings. The number of hydrogen-bond donors (Lipinski definition) is 1. The van der Waals surface area contributed by atoms with E-state index in [4.69, 9.17) is 0 Å². The molecular weight excluding hydrogens is 193 g/mol. The van der Waals surface area contributed by atoms with Gasteiger partial charge in [0.15, 0.2) is 0 Å². The van der Waals surface area contributed by atoms with E-state index in [1.165, 1.54) is 0 Å². The van der Waals surface area contributed by atoms with Crippen LogP contribution in [0, 0.1) is 13.8 Å². The number of anilines is 1. The van der Waals surface area contributed by atoms with Crippen molar-refractivity contribution in [1.82, 2.24) is 9.97 Å². The summed E-state index contributed by atoms with van der Waals surface area (Å²) < 4.78 is 13.4. The first kappa shape index (κ1) is 10.3. The van der Waals surface area contributed by atoms with Crippen molar-refractivity contribution in [2.45, 2.75) is 45.3 Å². The largest absolute Gasteiger partial charge is 0.349 e. The summed E-state index contributed by atoms with van der Waals surface area (Å²) in [6, 6.07) is 1.80. The fourth-order valence-corrected chi connectivity index (χ4v) is 2.03. The van der Waals surface area contributed by atoms with Crippen LogP contribution in [-0.2, 0) is 0 Å². The zero-order chi connectivity index (χ0) is 10.8. The third-order valence-electron chi connectivity index (χ3n) is 2.73. The van der Waals surface area contributed by atoms with Crippen molar-refractivity contribution in [3.05, 3.63) is 17.5 Å². The van der Waals surface area contributed by atoms with Gasteiger partial charge in [0.1, 0.15) is 6.17 Å². The highest BCUT2D eigenvalue weighted by Gasteiger charge is 2.27. The Morgan fingerprint density at radius 3 is 2.47 bits per heavy atom. The van der Waals surface area contributed by atoms with Crippen LogP contribution < -0.4 is 5.32 Å². The van der Waals surface area contributed by atoms with Crippen LogP contribution in [0.5, 0.6) is 0 Å². The van der Waals surface area contributed by atoms with Gasteiger partial charge in [0.05, 0.1) is 6.04 Å². The molecule has 0 aliphatic heterocycles. The van der Waals surface area contributed by atoms with E-state index in [9.17, 15) is 4.39 Å². The SMILES string of the molecule is Cc1cc(C)nc(NC2CCCC2F)n1. The zero-order valence-electron chi connectivity index (χ0n) is 9.13. The number of nitrogens with one attached hydrogen (secondary N) is 1. The Kier molecular flexibility index (Phi) is 2.84. The molecule has 82 valence electrons. The molecule has 1 saturated carbocycles. The standard InChI is InChI=1S/C11H16FN3/c1-7-6-8(2)14-11(13-7)15-10-5-3-4-9(10)12/h6,9-10H,3-5H2,1-2H3,(H,13,14,15). The molecule has 1 heterocycles. The zero-order valence-corrected chi connectivity index (χ0v) is 9.13. The summed E-state index contributed by atoms with van der Waals surface area (Å²) in [5.74, 6) is 0.557. The van der Waals surface area contributed by atoms with Gasteiger partial charge in [-0.1, -0.05) is 0 Å². The van der Waals surface area contributed by atoms with E-state index in [1.54, 1.807) is 0 Å². The maximum atomic E-state index is 13.4. The van der Waals surface area contributed by atoms with E-state index in [-0.39, 0.29) is 6.04 Å². The number of halogens is 1. The summed E-state index contributed by atoms with van der Waals surface area (Å²) in [5, 5.41) is 3.08. The Balaban J connectivity index is 2.10. The minimum absolute atomic E-state index is 0.105. The molecule has 0 radical (unpaired) electrons. The number of aromatic nitrogens is 2. The second-order valence-electron chi connectivity index (χ2n) is 4.17. The normalized spacial score (nSPS) is 25.5. The van der Waals surface area contributed by atoms with Gasteiger partial charge in [-0.2, -0.15) is 0 Å². The Morgan fingerprint density at radius 2 is 1.93 bits per heavy atom. The van der Waals surface area contributed by atoms with E-state index in [0.29, 0.717) is 12.4 Å². The van der Waals surface area contributed by atoms with Crippen molar-refractivity contribution in [2.24, 2.45) is 0 Å². The van der Waals surface area contributed by atoms with Crippen LogP contribution in [0.4, 0.5) is 10.3 Å². The van der Waals surface area contributed by atoms with Crippen molar-refractivity contribution in [3.8, 4) is 0 Å². The lowest BCUT2D eigenvalue weighted by molar-refractivity contribution is 0.323. The lowest BCUT2D eigenvalue weighted by Gasteiger charge is -2.15. The van der Waals surface area contributed by atoms with Gasteiger partial charge >= 0.3 is 0 Å². The van der Waals surface area contributed by atoms with Gasteiger partial charge in [-0.3, -0.25) is 0 Å². The second kappa shape index (κ2) is 4.13. The third-order valence-corrected chi connectivity index (χ3v) is 2.73. The summed E-state index contributed by atoms with van der Waals surface area (Å²) in [6.07, 6.45) is 1.72. The number of nitrogens with zero attached hydrogens (tertiary/aromatic N) is 2. The van der Waals surface area contributed by atoms with E-state index < -0.39 is 6.17 Å². The molecule has 4 heteroatoms. The average molecular weight is 209 g/mol. The smallest absolute Gasteiger partial charge is 0.223 e. The minimum Gasteiger partial charge on any atom is -0.349 e. The van der Waals surface area contributed by atoms with Crippen LogP contribution in [0.3, 0.4) is 0 Å². The first-order valence-corrected chi connectivity index (χ1v) is 5.38. The summed E-state index contributed by atoms with van der Waals surface area (Å²) in [4.78, 5) is 8.49. The summed E-state index contributed by atoms with van der Waals surface area (Å²) >= 11 is 0. The van der Waals surface area contributed by atoms with Gasteiger partial charge in [-0.05, 0) is 39.2 Å². The maximum Gasteiger partial charge on any atom is 0.223 e. The van der Waals surface area contributed by atoms with Gasteiger partial charge in [-0.25, -0.2) is 14.4 Å². The second-order valence-corrected chi connectivity index (χ2v) is 4.17. The Morgan fingerprint density at radius 1 is 1.27 bits per heavy atom. The predicted octanol–water partition coefficient (Wildman–Crippen LogP) is 2.40. The van der Waals surface area contributed by atoms with Gasteiger partial charge < -0.3 is 5.32 Å². The van der Waals surface area contributed by atoms with Crippen molar-refractivity contribution < 1.29 is 4.39 Å². The molecule has 1 fully saturated rings. The molecule has 0 aromatic carbocycles. The molecule has 1 aromatic heterocycles. The molecule has 2 atom stereocenters. The summed E-state index contributed by atoms with van der Waals surface area (Å²) in [7, 11) is 0. The van der Waals surface area contributed by atoms with Crippen LogP contribution in [0.2, 0.25) is 0 Å². The topological polar surface area (TPSA) is 37.8 Å². The van der Waals surface area contributed by atoms with Crippen LogP contribution in [0.25, 0.3) is 0 Å².